The van der Waals surface area contributed by atoms with Crippen molar-refractivity contribution in [1.82, 2.24) is 5.32 Å². The van der Waals surface area contributed by atoms with Gasteiger partial charge in [-0.15, -0.1) is 0 Å². The molecule has 1 aliphatic carbocycles. The quantitative estimate of drug-likeness (QED) is 0.292. The van der Waals surface area contributed by atoms with E-state index in [9.17, 15) is 9.59 Å². The molecular formula is C26H23Br2ClN2O4. The van der Waals surface area contributed by atoms with Crippen molar-refractivity contribution >= 4 is 61.0 Å². The van der Waals surface area contributed by atoms with Crippen molar-refractivity contribution in [2.75, 3.05) is 25.6 Å². The zero-order chi connectivity index (χ0) is 25.0. The fraction of sp³-hybridized carbons (Fsp3) is 0.231. The first kappa shape index (κ1) is 25.5. The number of methoxy groups -OCH3 is 1. The van der Waals surface area contributed by atoms with E-state index in [0.717, 1.165) is 27.4 Å². The predicted molar refractivity (Wildman–Crippen MR) is 144 cm³/mol. The van der Waals surface area contributed by atoms with Crippen LogP contribution in [0, 0.1) is 0 Å². The number of benzene rings is 3. The molecule has 2 N–H and O–H groups in total. The van der Waals surface area contributed by atoms with Crippen LogP contribution in [-0.4, -0.2) is 32.1 Å². The van der Waals surface area contributed by atoms with E-state index in [4.69, 9.17) is 21.1 Å². The Balaban J connectivity index is 1.35. The van der Waals surface area contributed by atoms with E-state index >= 15 is 0 Å². The smallest absolute Gasteiger partial charge is 0.262 e. The van der Waals surface area contributed by atoms with Gasteiger partial charge in [0.15, 0.2) is 18.1 Å². The molecule has 1 saturated carbocycles. The Morgan fingerprint density at radius 2 is 1.69 bits per heavy atom. The van der Waals surface area contributed by atoms with Crippen LogP contribution in [0.15, 0.2) is 69.6 Å². The van der Waals surface area contributed by atoms with Crippen molar-refractivity contribution in [3.8, 4) is 11.5 Å². The summed E-state index contributed by atoms with van der Waals surface area (Å²) in [6, 6.07) is 18.0. The highest BCUT2D eigenvalue weighted by Crippen LogP contribution is 2.50. The monoisotopic (exact) mass is 620 g/mol. The first-order chi connectivity index (χ1) is 16.8. The van der Waals surface area contributed by atoms with Crippen LogP contribution in [0.3, 0.4) is 0 Å². The van der Waals surface area contributed by atoms with Crippen molar-refractivity contribution in [2.24, 2.45) is 0 Å². The molecule has 182 valence electrons. The Kier molecular flexibility index (Phi) is 8.04. The van der Waals surface area contributed by atoms with Gasteiger partial charge in [-0.1, -0.05) is 49.5 Å². The topological polar surface area (TPSA) is 76.7 Å². The molecule has 0 aromatic heterocycles. The third-order valence-electron chi connectivity index (χ3n) is 5.86. The van der Waals surface area contributed by atoms with Crippen molar-refractivity contribution < 1.29 is 19.1 Å². The van der Waals surface area contributed by atoms with Crippen LogP contribution in [0.2, 0.25) is 5.02 Å². The number of hydrogen-bond donors (Lipinski definition) is 2. The molecule has 3 aromatic carbocycles. The summed E-state index contributed by atoms with van der Waals surface area (Å²) < 4.78 is 12.9. The molecule has 0 heterocycles. The van der Waals surface area contributed by atoms with E-state index in [-0.39, 0.29) is 23.8 Å². The highest BCUT2D eigenvalue weighted by Gasteiger charge is 2.45. The summed E-state index contributed by atoms with van der Waals surface area (Å²) in [7, 11) is 1.49. The first-order valence-corrected chi connectivity index (χ1v) is 12.9. The molecule has 0 spiro atoms. The van der Waals surface area contributed by atoms with Crippen LogP contribution in [0.5, 0.6) is 11.5 Å². The Morgan fingerprint density at radius 1 is 0.971 bits per heavy atom. The molecule has 0 aliphatic heterocycles. The fourth-order valence-electron chi connectivity index (χ4n) is 3.76. The Morgan fingerprint density at radius 3 is 2.34 bits per heavy atom. The Labute approximate surface area is 225 Å². The number of rotatable bonds is 9. The van der Waals surface area contributed by atoms with Crippen molar-refractivity contribution in [3.05, 3.63) is 85.8 Å². The predicted octanol–water partition coefficient (Wildman–Crippen LogP) is 6.35. The Bertz CT molecular complexity index is 1250. The average Bonchev–Trinajstić information content (AvgIpc) is 3.63. The van der Waals surface area contributed by atoms with Crippen molar-refractivity contribution in [2.45, 2.75) is 18.3 Å². The second-order valence-electron chi connectivity index (χ2n) is 8.30. The molecule has 35 heavy (non-hydrogen) atoms. The summed E-state index contributed by atoms with van der Waals surface area (Å²) in [4.78, 5) is 25.1. The van der Waals surface area contributed by atoms with Gasteiger partial charge in [-0.25, -0.2) is 0 Å². The SMILES string of the molecule is COc1cc(C(=O)NCC2(c3ccc(Br)cc3Cl)CC2)ccc1OCC(=O)Nc1ccc(Br)cc1. The number of hydrogen-bond acceptors (Lipinski definition) is 4. The molecule has 3 aromatic rings. The van der Waals surface area contributed by atoms with Gasteiger partial charge in [0.1, 0.15) is 0 Å². The van der Waals surface area contributed by atoms with Crippen LogP contribution < -0.4 is 20.1 Å². The van der Waals surface area contributed by atoms with Gasteiger partial charge in [0.2, 0.25) is 0 Å². The highest BCUT2D eigenvalue weighted by molar-refractivity contribution is 9.10. The van der Waals surface area contributed by atoms with E-state index in [1.165, 1.54) is 7.11 Å². The molecule has 0 atom stereocenters. The molecular weight excluding hydrogens is 600 g/mol. The van der Waals surface area contributed by atoms with Crippen molar-refractivity contribution in [3.63, 3.8) is 0 Å². The average molecular weight is 623 g/mol. The second kappa shape index (κ2) is 11.0. The molecule has 0 radical (unpaired) electrons. The maximum Gasteiger partial charge on any atom is 0.262 e. The summed E-state index contributed by atoms with van der Waals surface area (Å²) >= 11 is 13.2. The molecule has 0 unspecified atom stereocenters. The lowest BCUT2D eigenvalue weighted by molar-refractivity contribution is -0.118. The maximum atomic E-state index is 12.8. The number of halogens is 3. The molecule has 1 fully saturated rings. The fourth-order valence-corrected chi connectivity index (χ4v) is 4.90. The minimum Gasteiger partial charge on any atom is -0.493 e. The minimum absolute atomic E-state index is 0.136. The number of nitrogens with one attached hydrogen (secondary N) is 2. The molecule has 0 saturated heterocycles. The van der Waals surface area contributed by atoms with Gasteiger partial charge >= 0.3 is 0 Å². The summed E-state index contributed by atoms with van der Waals surface area (Å²) in [5, 5.41) is 6.48. The van der Waals surface area contributed by atoms with Crippen molar-refractivity contribution in [1.29, 1.82) is 0 Å². The van der Waals surface area contributed by atoms with E-state index in [0.29, 0.717) is 34.3 Å². The maximum absolute atomic E-state index is 12.8. The third kappa shape index (κ3) is 6.37. The molecule has 1 aliphatic rings. The molecule has 6 nitrogen and oxygen atoms in total. The lowest BCUT2D eigenvalue weighted by atomic mass is 9.95. The lowest BCUT2D eigenvalue weighted by Crippen LogP contribution is -2.32. The van der Waals surface area contributed by atoms with Gasteiger partial charge in [0, 0.05) is 37.2 Å². The second-order valence-corrected chi connectivity index (χ2v) is 10.5. The van der Waals surface area contributed by atoms with Crippen LogP contribution in [0.1, 0.15) is 28.8 Å². The van der Waals surface area contributed by atoms with E-state index < -0.39 is 0 Å². The summed E-state index contributed by atoms with van der Waals surface area (Å²) in [5.41, 5.74) is 2.01. The van der Waals surface area contributed by atoms with E-state index in [1.807, 2.05) is 30.3 Å². The van der Waals surface area contributed by atoms with Crippen LogP contribution in [-0.2, 0) is 10.2 Å². The normalized spacial score (nSPS) is 13.6. The number of carbonyl (C=O) groups is 2. The van der Waals surface area contributed by atoms with E-state index in [1.54, 1.807) is 30.3 Å². The van der Waals surface area contributed by atoms with Gasteiger partial charge in [-0.05, 0) is 73.0 Å². The third-order valence-corrected chi connectivity index (χ3v) is 7.19. The van der Waals surface area contributed by atoms with Crippen LogP contribution in [0.4, 0.5) is 5.69 Å². The van der Waals surface area contributed by atoms with E-state index in [2.05, 4.69) is 42.5 Å². The van der Waals surface area contributed by atoms with Crippen LogP contribution >= 0.6 is 43.5 Å². The number of ether oxygens (including phenoxy) is 2. The highest BCUT2D eigenvalue weighted by atomic mass is 79.9. The van der Waals surface area contributed by atoms with Gasteiger partial charge < -0.3 is 20.1 Å². The molecule has 0 bridgehead atoms. The van der Waals surface area contributed by atoms with Crippen LogP contribution in [0.25, 0.3) is 0 Å². The van der Waals surface area contributed by atoms with Gasteiger partial charge in [0.25, 0.3) is 11.8 Å². The number of amides is 2. The number of carbonyl (C=O) groups excluding carboxylic acids is 2. The minimum atomic E-state index is -0.308. The Hall–Kier alpha value is -2.55. The molecule has 4 rings (SSSR count). The lowest BCUT2D eigenvalue weighted by Gasteiger charge is -2.19. The summed E-state index contributed by atoms with van der Waals surface area (Å²) in [6.07, 6.45) is 1.93. The zero-order valence-electron chi connectivity index (χ0n) is 18.9. The standard InChI is InChI=1S/C26H23Br2ClN2O4/c1-34-23-12-16(2-9-22(23)35-14-24(32)31-19-6-3-17(27)4-7-19)25(33)30-15-26(10-11-26)20-8-5-18(28)13-21(20)29/h2-9,12-13H,10-11,14-15H2,1H3,(H,30,33)(H,31,32). The summed E-state index contributed by atoms with van der Waals surface area (Å²) in [6.45, 7) is 0.290. The summed E-state index contributed by atoms with van der Waals surface area (Å²) in [5.74, 6) is 0.210. The first-order valence-electron chi connectivity index (χ1n) is 10.9. The van der Waals surface area contributed by atoms with Gasteiger partial charge in [-0.3, -0.25) is 9.59 Å². The number of anilines is 1. The molecule has 2 amide bonds. The largest absolute Gasteiger partial charge is 0.493 e. The van der Waals surface area contributed by atoms with Gasteiger partial charge in [0.05, 0.1) is 7.11 Å². The van der Waals surface area contributed by atoms with Gasteiger partial charge in [-0.2, -0.15) is 0 Å². The molecule has 9 heteroatoms. The zero-order valence-corrected chi connectivity index (χ0v) is 22.8.